The molecular weight excluding hydrogens is 207 g/mol. The Labute approximate surface area is 92.0 Å². The number of nitrogens with one attached hydrogen (secondary N) is 1. The predicted molar refractivity (Wildman–Crippen MR) is 59.6 cm³/mol. The lowest BCUT2D eigenvalue weighted by molar-refractivity contribution is 0.615. The molecule has 0 unspecified atom stereocenters. The van der Waals surface area contributed by atoms with Crippen LogP contribution in [0.15, 0.2) is 35.3 Å². The van der Waals surface area contributed by atoms with Crippen molar-refractivity contribution in [2.45, 2.75) is 13.3 Å². The molecule has 0 saturated carbocycles. The number of hydrogen-bond donors (Lipinski definition) is 1. The summed E-state index contributed by atoms with van der Waals surface area (Å²) in [7, 11) is 0. The fraction of sp³-hybridized carbons (Fsp3) is 0.167. The van der Waals surface area contributed by atoms with E-state index >= 15 is 0 Å². The second-order valence-corrected chi connectivity index (χ2v) is 3.47. The van der Waals surface area contributed by atoms with Crippen LogP contribution in [-0.4, -0.2) is 9.97 Å². The Bertz CT molecular complexity index is 563. The van der Waals surface area contributed by atoms with Gasteiger partial charge in [-0.3, -0.25) is 0 Å². The minimum Gasteiger partial charge on any atom is -0.303 e. The molecule has 82 valence electrons. The molecule has 16 heavy (non-hydrogen) atoms. The van der Waals surface area contributed by atoms with Crippen LogP contribution < -0.4 is 5.69 Å². The average Bonchev–Trinajstić information content (AvgIpc) is 2.32. The van der Waals surface area contributed by atoms with Gasteiger partial charge >= 0.3 is 5.69 Å². The Balaban J connectivity index is 2.57. The first-order valence-electron chi connectivity index (χ1n) is 5.05. The van der Waals surface area contributed by atoms with Crippen LogP contribution in [0.1, 0.15) is 12.5 Å². The molecule has 1 aromatic carbocycles. The SMILES string of the molecule is CCc1cccc(-c2[nH]c(=O)ncc2F)c1. The Morgan fingerprint density at radius 1 is 1.44 bits per heavy atom. The second-order valence-electron chi connectivity index (χ2n) is 3.47. The van der Waals surface area contributed by atoms with Crippen molar-refractivity contribution < 1.29 is 4.39 Å². The van der Waals surface area contributed by atoms with Gasteiger partial charge in [0, 0.05) is 5.56 Å². The van der Waals surface area contributed by atoms with E-state index < -0.39 is 11.5 Å². The summed E-state index contributed by atoms with van der Waals surface area (Å²) >= 11 is 0. The minimum atomic E-state index is -0.543. The summed E-state index contributed by atoms with van der Waals surface area (Å²) in [5.41, 5.74) is 1.40. The van der Waals surface area contributed by atoms with Gasteiger partial charge in [0.25, 0.3) is 0 Å². The van der Waals surface area contributed by atoms with Gasteiger partial charge in [-0.1, -0.05) is 25.1 Å². The van der Waals surface area contributed by atoms with Crippen LogP contribution in [0.25, 0.3) is 11.3 Å². The number of hydrogen-bond acceptors (Lipinski definition) is 2. The molecule has 0 aliphatic rings. The van der Waals surface area contributed by atoms with Gasteiger partial charge < -0.3 is 4.98 Å². The van der Waals surface area contributed by atoms with Crippen LogP contribution in [-0.2, 0) is 6.42 Å². The fourth-order valence-electron chi connectivity index (χ4n) is 1.54. The highest BCUT2D eigenvalue weighted by Crippen LogP contribution is 2.19. The molecule has 1 heterocycles. The molecule has 4 heteroatoms. The molecule has 0 aliphatic heterocycles. The van der Waals surface area contributed by atoms with E-state index in [1.54, 1.807) is 6.07 Å². The summed E-state index contributed by atoms with van der Waals surface area (Å²) in [6.45, 7) is 2.02. The van der Waals surface area contributed by atoms with Gasteiger partial charge in [0.2, 0.25) is 0 Å². The van der Waals surface area contributed by atoms with Crippen molar-refractivity contribution in [2.75, 3.05) is 0 Å². The zero-order chi connectivity index (χ0) is 11.5. The summed E-state index contributed by atoms with van der Waals surface area (Å²) in [5.74, 6) is -0.521. The molecule has 0 radical (unpaired) electrons. The van der Waals surface area contributed by atoms with E-state index in [2.05, 4.69) is 9.97 Å². The first kappa shape index (κ1) is 10.5. The largest absolute Gasteiger partial charge is 0.345 e. The lowest BCUT2D eigenvalue weighted by Gasteiger charge is -2.04. The smallest absolute Gasteiger partial charge is 0.303 e. The van der Waals surface area contributed by atoms with E-state index in [1.807, 2.05) is 25.1 Å². The van der Waals surface area contributed by atoms with E-state index in [0.717, 1.165) is 18.2 Å². The van der Waals surface area contributed by atoms with Crippen LogP contribution in [0.4, 0.5) is 4.39 Å². The van der Waals surface area contributed by atoms with Crippen LogP contribution >= 0.6 is 0 Å². The van der Waals surface area contributed by atoms with Crippen molar-refractivity contribution >= 4 is 0 Å². The van der Waals surface area contributed by atoms with E-state index in [9.17, 15) is 9.18 Å². The maximum Gasteiger partial charge on any atom is 0.345 e. The number of H-pyrrole nitrogens is 1. The molecule has 2 rings (SSSR count). The Morgan fingerprint density at radius 2 is 2.25 bits per heavy atom. The van der Waals surface area contributed by atoms with Crippen molar-refractivity contribution in [1.82, 2.24) is 9.97 Å². The zero-order valence-electron chi connectivity index (χ0n) is 8.83. The molecule has 1 N–H and O–H groups in total. The molecule has 3 nitrogen and oxygen atoms in total. The molecule has 1 aromatic heterocycles. The number of aryl methyl sites for hydroxylation is 1. The third-order valence-corrected chi connectivity index (χ3v) is 2.39. The van der Waals surface area contributed by atoms with Crippen LogP contribution in [0, 0.1) is 5.82 Å². The summed E-state index contributed by atoms with van der Waals surface area (Å²) in [5, 5.41) is 0. The van der Waals surface area contributed by atoms with Crippen molar-refractivity contribution in [3.63, 3.8) is 0 Å². The van der Waals surface area contributed by atoms with Crippen LogP contribution in [0.2, 0.25) is 0 Å². The number of aromatic nitrogens is 2. The highest BCUT2D eigenvalue weighted by molar-refractivity contribution is 5.60. The average molecular weight is 218 g/mol. The van der Waals surface area contributed by atoms with Crippen molar-refractivity contribution in [3.8, 4) is 11.3 Å². The highest BCUT2D eigenvalue weighted by Gasteiger charge is 2.06. The van der Waals surface area contributed by atoms with Gasteiger partial charge in [0.1, 0.15) is 0 Å². The molecule has 0 saturated heterocycles. The number of halogens is 1. The van der Waals surface area contributed by atoms with Crippen molar-refractivity contribution in [3.05, 3.63) is 52.3 Å². The fourth-order valence-corrected chi connectivity index (χ4v) is 1.54. The number of aromatic amines is 1. The molecule has 2 aromatic rings. The topological polar surface area (TPSA) is 45.8 Å². The zero-order valence-corrected chi connectivity index (χ0v) is 8.83. The van der Waals surface area contributed by atoms with Crippen LogP contribution in [0.5, 0.6) is 0 Å². The number of nitrogens with zero attached hydrogens (tertiary/aromatic N) is 1. The summed E-state index contributed by atoms with van der Waals surface area (Å²) in [6.07, 6.45) is 1.80. The highest BCUT2D eigenvalue weighted by atomic mass is 19.1. The third kappa shape index (κ3) is 2.00. The maximum atomic E-state index is 13.5. The normalized spacial score (nSPS) is 10.4. The third-order valence-electron chi connectivity index (χ3n) is 2.39. The summed E-state index contributed by atoms with van der Waals surface area (Å²) < 4.78 is 13.5. The van der Waals surface area contributed by atoms with Crippen molar-refractivity contribution in [2.24, 2.45) is 0 Å². The Kier molecular flexibility index (Phi) is 2.81. The first-order valence-corrected chi connectivity index (χ1v) is 5.05. The van der Waals surface area contributed by atoms with Gasteiger partial charge in [-0.15, -0.1) is 0 Å². The molecular formula is C12H11FN2O. The van der Waals surface area contributed by atoms with Crippen LogP contribution in [0.3, 0.4) is 0 Å². The number of rotatable bonds is 2. The molecule has 0 aliphatic carbocycles. The lowest BCUT2D eigenvalue weighted by Crippen LogP contribution is -2.11. The quantitative estimate of drug-likeness (QED) is 0.839. The molecule has 0 bridgehead atoms. The van der Waals surface area contributed by atoms with Gasteiger partial charge in [-0.05, 0) is 18.1 Å². The maximum absolute atomic E-state index is 13.5. The first-order chi connectivity index (χ1) is 7.70. The van der Waals surface area contributed by atoms with Gasteiger partial charge in [-0.25, -0.2) is 9.18 Å². The molecule has 0 amide bonds. The van der Waals surface area contributed by atoms with Gasteiger partial charge in [0.15, 0.2) is 5.82 Å². The second kappa shape index (κ2) is 4.26. The molecule has 0 fully saturated rings. The van der Waals surface area contributed by atoms with E-state index in [1.165, 1.54) is 0 Å². The van der Waals surface area contributed by atoms with Gasteiger partial charge in [0.05, 0.1) is 11.9 Å². The van der Waals surface area contributed by atoms with Gasteiger partial charge in [-0.2, -0.15) is 4.98 Å². The Morgan fingerprint density at radius 3 is 3.00 bits per heavy atom. The summed E-state index contributed by atoms with van der Waals surface area (Å²) in [6, 6.07) is 7.41. The predicted octanol–water partition coefficient (Wildman–Crippen LogP) is 2.14. The standard InChI is InChI=1S/C12H11FN2O/c1-2-8-4-3-5-9(6-8)11-10(13)7-14-12(16)15-11/h3-7H,2H2,1H3,(H,14,15,16). The summed E-state index contributed by atoms with van der Waals surface area (Å²) in [4.78, 5) is 16.8. The lowest BCUT2D eigenvalue weighted by atomic mass is 10.1. The van der Waals surface area contributed by atoms with E-state index in [0.29, 0.717) is 5.56 Å². The van der Waals surface area contributed by atoms with Crippen molar-refractivity contribution in [1.29, 1.82) is 0 Å². The van der Waals surface area contributed by atoms with E-state index in [4.69, 9.17) is 0 Å². The Hall–Kier alpha value is -1.97. The minimum absolute atomic E-state index is 0.190. The monoisotopic (exact) mass is 218 g/mol. The molecule has 0 atom stereocenters. The number of benzene rings is 1. The molecule has 0 spiro atoms. The van der Waals surface area contributed by atoms with E-state index in [-0.39, 0.29) is 5.69 Å².